The summed E-state index contributed by atoms with van der Waals surface area (Å²) < 4.78 is 13.4. The van der Waals surface area contributed by atoms with E-state index in [2.05, 4.69) is 20.6 Å². The molecule has 6 heteroatoms. The fourth-order valence-electron chi connectivity index (χ4n) is 1.49. The number of nitrogens with zero attached hydrogens (tertiary/aromatic N) is 2. The summed E-state index contributed by atoms with van der Waals surface area (Å²) in [5, 5.41) is 14.6. The first kappa shape index (κ1) is 13.6. The molecule has 0 bridgehead atoms. The molecule has 1 heterocycles. The van der Waals surface area contributed by atoms with E-state index < -0.39 is 5.82 Å². The van der Waals surface area contributed by atoms with E-state index in [1.165, 1.54) is 0 Å². The predicted molar refractivity (Wildman–Crippen MR) is 65.5 cm³/mol. The molecular weight excluding hydrogens is 223 g/mol. The third-order valence-electron chi connectivity index (χ3n) is 2.64. The highest BCUT2D eigenvalue weighted by molar-refractivity contribution is 5.40. The van der Waals surface area contributed by atoms with E-state index in [0.29, 0.717) is 24.8 Å². The normalized spacial score (nSPS) is 12.2. The van der Waals surface area contributed by atoms with Crippen molar-refractivity contribution in [3.8, 4) is 0 Å². The lowest BCUT2D eigenvalue weighted by atomic mass is 10.0. The summed E-state index contributed by atoms with van der Waals surface area (Å²) in [5.41, 5.74) is 0. The molecule has 0 aliphatic carbocycles. The summed E-state index contributed by atoms with van der Waals surface area (Å²) in [6, 6.07) is 0. The quantitative estimate of drug-likeness (QED) is 0.675. The minimum atomic E-state index is -0.470. The van der Waals surface area contributed by atoms with Crippen LogP contribution in [0.3, 0.4) is 0 Å². The molecule has 0 saturated heterocycles. The number of anilines is 2. The minimum absolute atomic E-state index is 0.147. The molecule has 0 aliphatic rings. The average molecular weight is 242 g/mol. The molecule has 5 nitrogen and oxygen atoms in total. The first-order chi connectivity index (χ1) is 8.21. The molecule has 96 valence electrons. The Labute approximate surface area is 100 Å². The van der Waals surface area contributed by atoms with Crippen molar-refractivity contribution in [2.45, 2.75) is 19.8 Å². The number of hydrogen-bond acceptors (Lipinski definition) is 5. The van der Waals surface area contributed by atoms with Crippen molar-refractivity contribution in [2.24, 2.45) is 5.92 Å². The third-order valence-corrected chi connectivity index (χ3v) is 2.64. The van der Waals surface area contributed by atoms with Gasteiger partial charge in [0.05, 0.1) is 6.20 Å². The van der Waals surface area contributed by atoms with Crippen LogP contribution < -0.4 is 10.6 Å². The van der Waals surface area contributed by atoms with Crippen LogP contribution in [0.1, 0.15) is 19.8 Å². The zero-order valence-corrected chi connectivity index (χ0v) is 10.2. The SMILES string of the molecule is CCC(CCO)CNc1nc(NC)ncc1F. The van der Waals surface area contributed by atoms with Crippen LogP contribution in [-0.4, -0.2) is 35.3 Å². The van der Waals surface area contributed by atoms with Crippen LogP contribution >= 0.6 is 0 Å². The van der Waals surface area contributed by atoms with Crippen molar-refractivity contribution in [1.82, 2.24) is 9.97 Å². The smallest absolute Gasteiger partial charge is 0.224 e. The van der Waals surface area contributed by atoms with Gasteiger partial charge in [-0.15, -0.1) is 0 Å². The summed E-state index contributed by atoms with van der Waals surface area (Å²) in [6.45, 7) is 2.78. The van der Waals surface area contributed by atoms with E-state index in [1.54, 1.807) is 7.05 Å². The Morgan fingerprint density at radius 3 is 2.88 bits per heavy atom. The molecule has 0 fully saturated rings. The van der Waals surface area contributed by atoms with Gasteiger partial charge in [0.1, 0.15) is 0 Å². The number of rotatable bonds is 7. The maximum atomic E-state index is 13.4. The highest BCUT2D eigenvalue weighted by Gasteiger charge is 2.09. The minimum Gasteiger partial charge on any atom is -0.396 e. The molecule has 1 aromatic heterocycles. The topological polar surface area (TPSA) is 70.1 Å². The Balaban J connectivity index is 2.60. The fourth-order valence-corrected chi connectivity index (χ4v) is 1.49. The largest absolute Gasteiger partial charge is 0.396 e. The molecule has 1 aromatic rings. The van der Waals surface area contributed by atoms with Crippen LogP contribution in [0.25, 0.3) is 0 Å². The summed E-state index contributed by atoms with van der Waals surface area (Å²) in [5.74, 6) is 0.417. The molecule has 0 radical (unpaired) electrons. The van der Waals surface area contributed by atoms with Crippen LogP contribution in [0.15, 0.2) is 6.20 Å². The first-order valence-corrected chi connectivity index (χ1v) is 5.76. The lowest BCUT2D eigenvalue weighted by Gasteiger charge is -2.15. The van der Waals surface area contributed by atoms with Gasteiger partial charge in [0.2, 0.25) is 5.95 Å². The Hall–Kier alpha value is -1.43. The van der Waals surface area contributed by atoms with Gasteiger partial charge in [-0.25, -0.2) is 9.37 Å². The average Bonchev–Trinajstić information content (AvgIpc) is 2.36. The highest BCUT2D eigenvalue weighted by Crippen LogP contribution is 2.14. The molecule has 0 aromatic carbocycles. The second-order valence-electron chi connectivity index (χ2n) is 3.81. The molecule has 17 heavy (non-hydrogen) atoms. The molecule has 1 atom stereocenters. The number of aliphatic hydroxyl groups is 1. The van der Waals surface area contributed by atoms with Crippen molar-refractivity contribution in [1.29, 1.82) is 0 Å². The third kappa shape index (κ3) is 4.14. The molecular formula is C11H19FN4O. The van der Waals surface area contributed by atoms with Crippen LogP contribution in [0.2, 0.25) is 0 Å². The van der Waals surface area contributed by atoms with Gasteiger partial charge >= 0.3 is 0 Å². The zero-order valence-electron chi connectivity index (χ0n) is 10.2. The van der Waals surface area contributed by atoms with Gasteiger partial charge in [-0.1, -0.05) is 13.3 Å². The number of aliphatic hydroxyl groups excluding tert-OH is 1. The monoisotopic (exact) mass is 242 g/mol. The first-order valence-electron chi connectivity index (χ1n) is 5.76. The van der Waals surface area contributed by atoms with Crippen LogP contribution in [0.4, 0.5) is 16.2 Å². The fraction of sp³-hybridized carbons (Fsp3) is 0.636. The summed E-state index contributed by atoms with van der Waals surface area (Å²) in [4.78, 5) is 7.75. The zero-order chi connectivity index (χ0) is 12.7. The lowest BCUT2D eigenvalue weighted by molar-refractivity contribution is 0.258. The molecule has 1 rings (SSSR count). The van der Waals surface area contributed by atoms with Crippen molar-refractivity contribution >= 4 is 11.8 Å². The summed E-state index contributed by atoms with van der Waals surface area (Å²) >= 11 is 0. The van der Waals surface area contributed by atoms with Crippen molar-refractivity contribution in [3.63, 3.8) is 0 Å². The Bertz CT molecular complexity index is 348. The highest BCUT2D eigenvalue weighted by atomic mass is 19.1. The lowest BCUT2D eigenvalue weighted by Crippen LogP contribution is -2.17. The molecule has 0 aliphatic heterocycles. The van der Waals surface area contributed by atoms with Gasteiger partial charge in [-0.05, 0) is 12.3 Å². The Kier molecular flexibility index (Phi) is 5.62. The van der Waals surface area contributed by atoms with E-state index in [9.17, 15) is 4.39 Å². The van der Waals surface area contributed by atoms with Crippen molar-refractivity contribution < 1.29 is 9.50 Å². The van der Waals surface area contributed by atoms with Gasteiger partial charge in [0, 0.05) is 20.2 Å². The van der Waals surface area contributed by atoms with Crippen LogP contribution in [0.5, 0.6) is 0 Å². The molecule has 0 amide bonds. The van der Waals surface area contributed by atoms with Crippen LogP contribution in [0, 0.1) is 11.7 Å². The number of hydrogen-bond donors (Lipinski definition) is 3. The van der Waals surface area contributed by atoms with Gasteiger partial charge in [-0.3, -0.25) is 0 Å². The predicted octanol–water partition coefficient (Wildman–Crippen LogP) is 1.48. The van der Waals surface area contributed by atoms with E-state index in [4.69, 9.17) is 5.11 Å². The second-order valence-corrected chi connectivity index (χ2v) is 3.81. The van der Waals surface area contributed by atoms with E-state index in [-0.39, 0.29) is 12.4 Å². The van der Waals surface area contributed by atoms with Gasteiger partial charge < -0.3 is 15.7 Å². The molecule has 1 unspecified atom stereocenters. The van der Waals surface area contributed by atoms with E-state index >= 15 is 0 Å². The number of nitrogens with one attached hydrogen (secondary N) is 2. The van der Waals surface area contributed by atoms with Gasteiger partial charge in [0.15, 0.2) is 11.6 Å². The maximum Gasteiger partial charge on any atom is 0.224 e. The molecule has 0 spiro atoms. The summed E-state index contributed by atoms with van der Waals surface area (Å²) in [7, 11) is 1.68. The number of aromatic nitrogens is 2. The van der Waals surface area contributed by atoms with Crippen LogP contribution in [-0.2, 0) is 0 Å². The van der Waals surface area contributed by atoms with E-state index in [1.807, 2.05) is 6.92 Å². The molecule has 3 N–H and O–H groups in total. The van der Waals surface area contributed by atoms with E-state index in [0.717, 1.165) is 12.6 Å². The van der Waals surface area contributed by atoms with Gasteiger partial charge in [-0.2, -0.15) is 4.98 Å². The standard InChI is InChI=1S/C11H19FN4O/c1-3-8(4-5-17)6-14-10-9(12)7-15-11(13-2)16-10/h7-8,17H,3-6H2,1-2H3,(H2,13,14,15,16). The molecule has 0 saturated carbocycles. The van der Waals surface area contributed by atoms with Crippen molar-refractivity contribution in [3.05, 3.63) is 12.0 Å². The van der Waals surface area contributed by atoms with Crippen molar-refractivity contribution in [2.75, 3.05) is 30.8 Å². The second kappa shape index (κ2) is 7.01. The van der Waals surface area contributed by atoms with Gasteiger partial charge in [0.25, 0.3) is 0 Å². The maximum absolute atomic E-state index is 13.4. The number of halogens is 1. The Morgan fingerprint density at radius 2 is 2.29 bits per heavy atom. The Morgan fingerprint density at radius 1 is 1.53 bits per heavy atom. The summed E-state index contributed by atoms with van der Waals surface area (Å²) in [6.07, 6.45) is 2.77.